The predicted octanol–water partition coefficient (Wildman–Crippen LogP) is 1.47. The van der Waals surface area contributed by atoms with Gasteiger partial charge in [-0.1, -0.05) is 24.3 Å². The molecule has 3 amide bonds. The maximum atomic E-state index is 12.5. The first kappa shape index (κ1) is 18.2. The Kier molecular flexibility index (Phi) is 5.44. The number of rotatable bonds is 3. The van der Waals surface area contributed by atoms with Gasteiger partial charge in [-0.15, -0.1) is 0 Å². The summed E-state index contributed by atoms with van der Waals surface area (Å²) in [7, 11) is 0. The summed E-state index contributed by atoms with van der Waals surface area (Å²) in [4.78, 5) is 39.4. The van der Waals surface area contributed by atoms with Crippen molar-refractivity contribution in [2.75, 3.05) is 19.6 Å². The average Bonchev–Trinajstić information content (AvgIpc) is 2.65. The van der Waals surface area contributed by atoms with Crippen LogP contribution in [-0.2, 0) is 22.6 Å². The number of carbonyl (C=O) groups is 3. The Labute approximate surface area is 153 Å². The van der Waals surface area contributed by atoms with Gasteiger partial charge < -0.3 is 20.2 Å². The molecule has 0 radical (unpaired) electrons. The lowest BCUT2D eigenvalue weighted by atomic mass is 9.90. The molecule has 0 saturated carbocycles. The van der Waals surface area contributed by atoms with Crippen LogP contribution in [0.2, 0.25) is 0 Å². The van der Waals surface area contributed by atoms with Crippen LogP contribution in [0, 0.1) is 5.92 Å². The topological polar surface area (TPSA) is 90.0 Å². The van der Waals surface area contributed by atoms with Crippen LogP contribution in [0.1, 0.15) is 30.9 Å². The minimum absolute atomic E-state index is 0.104. The summed E-state index contributed by atoms with van der Waals surface area (Å²) in [5, 5.41) is 12.0. The second-order valence-electron chi connectivity index (χ2n) is 7.01. The highest BCUT2D eigenvalue weighted by Gasteiger charge is 2.35. The number of piperidine rings is 1. The fourth-order valence-electron chi connectivity index (χ4n) is 3.86. The number of carboxylic acids is 1. The Morgan fingerprint density at radius 2 is 1.92 bits per heavy atom. The van der Waals surface area contributed by atoms with Crippen LogP contribution in [0.4, 0.5) is 4.79 Å². The largest absolute Gasteiger partial charge is 0.481 e. The van der Waals surface area contributed by atoms with Crippen LogP contribution in [0.5, 0.6) is 0 Å². The maximum Gasteiger partial charge on any atom is 0.318 e. The van der Waals surface area contributed by atoms with E-state index in [-0.39, 0.29) is 24.5 Å². The third-order valence-corrected chi connectivity index (χ3v) is 5.43. The molecule has 0 aromatic heterocycles. The van der Waals surface area contributed by atoms with Crippen molar-refractivity contribution in [3.05, 3.63) is 35.4 Å². The second kappa shape index (κ2) is 7.76. The highest BCUT2D eigenvalue weighted by atomic mass is 16.4. The summed E-state index contributed by atoms with van der Waals surface area (Å²) >= 11 is 0. The van der Waals surface area contributed by atoms with E-state index in [2.05, 4.69) is 11.4 Å². The van der Waals surface area contributed by atoms with Gasteiger partial charge in [0.1, 0.15) is 0 Å². The molecule has 2 heterocycles. The lowest BCUT2D eigenvalue weighted by Gasteiger charge is -2.37. The summed E-state index contributed by atoms with van der Waals surface area (Å²) in [5.41, 5.74) is 2.39. The number of carboxylic acid groups (broad SMARTS) is 1. The number of urea groups is 1. The quantitative estimate of drug-likeness (QED) is 0.855. The lowest BCUT2D eigenvalue weighted by Crippen LogP contribution is -2.53. The lowest BCUT2D eigenvalue weighted by molar-refractivity contribution is -0.148. The van der Waals surface area contributed by atoms with Crippen molar-refractivity contribution < 1.29 is 19.5 Å². The smallest absolute Gasteiger partial charge is 0.318 e. The van der Waals surface area contributed by atoms with Crippen LogP contribution in [0.3, 0.4) is 0 Å². The molecule has 7 nitrogen and oxygen atoms in total. The molecule has 1 fully saturated rings. The van der Waals surface area contributed by atoms with Crippen molar-refractivity contribution in [3.63, 3.8) is 0 Å². The number of likely N-dealkylation sites (tertiary alicyclic amines) is 1. The molecule has 140 valence electrons. The van der Waals surface area contributed by atoms with Gasteiger partial charge in [-0.2, -0.15) is 0 Å². The number of benzene rings is 1. The molecular weight excluding hydrogens is 334 g/mol. The van der Waals surface area contributed by atoms with Gasteiger partial charge >= 0.3 is 12.0 Å². The number of amides is 3. The van der Waals surface area contributed by atoms with Crippen molar-refractivity contribution in [3.8, 4) is 0 Å². The number of aliphatic carboxylic acids is 1. The number of nitrogens with zero attached hydrogens (tertiary/aromatic N) is 2. The van der Waals surface area contributed by atoms with E-state index in [1.165, 1.54) is 5.56 Å². The highest BCUT2D eigenvalue weighted by molar-refractivity contribution is 5.85. The van der Waals surface area contributed by atoms with Gasteiger partial charge in [0.15, 0.2) is 0 Å². The van der Waals surface area contributed by atoms with Gasteiger partial charge in [-0.25, -0.2) is 4.79 Å². The van der Waals surface area contributed by atoms with Crippen molar-refractivity contribution >= 4 is 17.9 Å². The molecule has 7 heteroatoms. The van der Waals surface area contributed by atoms with Gasteiger partial charge in [0.05, 0.1) is 12.5 Å². The molecule has 0 unspecified atom stereocenters. The molecule has 1 saturated heterocycles. The number of nitrogens with one attached hydrogen (secondary N) is 1. The van der Waals surface area contributed by atoms with Gasteiger partial charge in [0, 0.05) is 25.7 Å². The minimum Gasteiger partial charge on any atom is -0.481 e. The Bertz CT molecular complexity index is 706. The van der Waals surface area contributed by atoms with Gasteiger partial charge in [-0.3, -0.25) is 9.59 Å². The standard InChI is InChI=1S/C19H25N3O4/c1-13-16(18(24)25)7-4-9-22(13)17(23)11-20-19(26)21-10-8-14-5-2-3-6-15(14)12-21/h2-3,5-6,13,16H,4,7-12H2,1H3,(H,20,26)(H,24,25)/t13-,16-/m1/s1. The van der Waals surface area contributed by atoms with E-state index in [0.29, 0.717) is 32.5 Å². The van der Waals surface area contributed by atoms with Crippen molar-refractivity contribution in [1.29, 1.82) is 0 Å². The van der Waals surface area contributed by atoms with Crippen LogP contribution >= 0.6 is 0 Å². The second-order valence-corrected chi connectivity index (χ2v) is 7.01. The fourth-order valence-corrected chi connectivity index (χ4v) is 3.86. The summed E-state index contributed by atoms with van der Waals surface area (Å²) in [6, 6.07) is 7.43. The first-order valence-electron chi connectivity index (χ1n) is 9.09. The summed E-state index contributed by atoms with van der Waals surface area (Å²) in [6.45, 7) is 3.36. The zero-order chi connectivity index (χ0) is 18.7. The highest BCUT2D eigenvalue weighted by Crippen LogP contribution is 2.24. The average molecular weight is 359 g/mol. The normalized spacial score (nSPS) is 22.5. The summed E-state index contributed by atoms with van der Waals surface area (Å²) in [5.74, 6) is -1.64. The molecule has 0 aliphatic carbocycles. The third kappa shape index (κ3) is 3.81. The predicted molar refractivity (Wildman–Crippen MR) is 95.5 cm³/mol. The zero-order valence-electron chi connectivity index (χ0n) is 15.0. The van der Waals surface area contributed by atoms with E-state index in [1.807, 2.05) is 18.2 Å². The van der Waals surface area contributed by atoms with E-state index >= 15 is 0 Å². The molecule has 2 N–H and O–H groups in total. The first-order valence-corrected chi connectivity index (χ1v) is 9.09. The Morgan fingerprint density at radius 3 is 2.65 bits per heavy atom. The first-order chi connectivity index (χ1) is 12.5. The molecule has 26 heavy (non-hydrogen) atoms. The van der Waals surface area contributed by atoms with Gasteiger partial charge in [0.25, 0.3) is 0 Å². The van der Waals surface area contributed by atoms with E-state index in [4.69, 9.17) is 0 Å². The Morgan fingerprint density at radius 1 is 1.19 bits per heavy atom. The summed E-state index contributed by atoms with van der Waals surface area (Å²) < 4.78 is 0. The van der Waals surface area contributed by atoms with Crippen molar-refractivity contribution in [2.24, 2.45) is 5.92 Å². The van der Waals surface area contributed by atoms with Gasteiger partial charge in [0.2, 0.25) is 5.91 Å². The van der Waals surface area contributed by atoms with E-state index < -0.39 is 11.9 Å². The van der Waals surface area contributed by atoms with E-state index in [0.717, 1.165) is 12.0 Å². The molecule has 1 aromatic rings. The van der Waals surface area contributed by atoms with Crippen molar-refractivity contribution in [2.45, 2.75) is 38.8 Å². The summed E-state index contributed by atoms with van der Waals surface area (Å²) in [6.07, 6.45) is 2.06. The Hall–Kier alpha value is -2.57. The van der Waals surface area contributed by atoms with Gasteiger partial charge in [-0.05, 0) is 37.3 Å². The number of fused-ring (bicyclic) bond motifs is 1. The molecule has 2 atom stereocenters. The van der Waals surface area contributed by atoms with Crippen LogP contribution in [0.15, 0.2) is 24.3 Å². The maximum absolute atomic E-state index is 12.5. The fraction of sp³-hybridized carbons (Fsp3) is 0.526. The Balaban J connectivity index is 1.53. The molecule has 0 bridgehead atoms. The number of carbonyl (C=O) groups excluding carboxylic acids is 2. The molecule has 2 aliphatic heterocycles. The molecular formula is C19H25N3O4. The molecule has 3 rings (SSSR count). The van der Waals surface area contributed by atoms with Crippen LogP contribution in [0.25, 0.3) is 0 Å². The van der Waals surface area contributed by atoms with E-state index in [9.17, 15) is 19.5 Å². The SMILES string of the molecule is C[C@@H]1[C@H](C(=O)O)CCCN1C(=O)CNC(=O)N1CCc2ccccc2C1. The van der Waals surface area contributed by atoms with E-state index in [1.54, 1.807) is 16.7 Å². The van der Waals surface area contributed by atoms with Crippen molar-refractivity contribution in [1.82, 2.24) is 15.1 Å². The third-order valence-electron chi connectivity index (χ3n) is 5.43. The minimum atomic E-state index is -0.869. The van der Waals surface area contributed by atoms with Crippen LogP contribution in [-0.4, -0.2) is 58.5 Å². The monoisotopic (exact) mass is 359 g/mol. The number of hydrogen-bond acceptors (Lipinski definition) is 3. The molecule has 0 spiro atoms. The number of hydrogen-bond donors (Lipinski definition) is 2. The molecule has 2 aliphatic rings. The zero-order valence-corrected chi connectivity index (χ0v) is 15.0. The van der Waals surface area contributed by atoms with Crippen LogP contribution < -0.4 is 5.32 Å². The molecule has 1 aromatic carbocycles.